The summed E-state index contributed by atoms with van der Waals surface area (Å²) in [7, 11) is 0. The minimum atomic E-state index is 0. The van der Waals surface area contributed by atoms with Crippen molar-refractivity contribution in [2.45, 2.75) is 53.4 Å². The van der Waals surface area contributed by atoms with Crippen LogP contribution in [-0.2, 0) is 0 Å². The summed E-state index contributed by atoms with van der Waals surface area (Å²) in [6.45, 7) is 15.5. The third kappa shape index (κ3) is 9.87. The Morgan fingerprint density at radius 2 is 2.05 bits per heavy atom. The molecule has 0 aromatic heterocycles. The van der Waals surface area contributed by atoms with Crippen molar-refractivity contribution in [3.05, 3.63) is 0 Å². The highest BCUT2D eigenvalue weighted by molar-refractivity contribution is 14.0. The van der Waals surface area contributed by atoms with E-state index in [4.69, 9.17) is 4.99 Å². The summed E-state index contributed by atoms with van der Waals surface area (Å²) >= 11 is 0. The van der Waals surface area contributed by atoms with Gasteiger partial charge in [-0.05, 0) is 57.5 Å². The Labute approximate surface area is 154 Å². The molecule has 1 unspecified atom stereocenters. The van der Waals surface area contributed by atoms with Crippen molar-refractivity contribution < 1.29 is 0 Å². The van der Waals surface area contributed by atoms with Gasteiger partial charge in [0.15, 0.2) is 5.96 Å². The van der Waals surface area contributed by atoms with E-state index in [0.29, 0.717) is 0 Å². The molecule has 22 heavy (non-hydrogen) atoms. The number of nitrogens with zero attached hydrogens (tertiary/aromatic N) is 2. The molecule has 0 aromatic rings. The Morgan fingerprint density at radius 1 is 1.27 bits per heavy atom. The van der Waals surface area contributed by atoms with Gasteiger partial charge in [0.05, 0.1) is 0 Å². The van der Waals surface area contributed by atoms with E-state index in [0.717, 1.165) is 37.4 Å². The lowest BCUT2D eigenvalue weighted by Crippen LogP contribution is -2.40. The maximum atomic E-state index is 4.79. The predicted octanol–water partition coefficient (Wildman–Crippen LogP) is 3.33. The normalized spacial score (nSPS) is 19.9. The highest BCUT2D eigenvalue weighted by atomic mass is 127. The summed E-state index contributed by atoms with van der Waals surface area (Å²) < 4.78 is 0. The first kappa shape index (κ1) is 22.0. The van der Waals surface area contributed by atoms with Crippen LogP contribution in [0.15, 0.2) is 4.99 Å². The van der Waals surface area contributed by atoms with Crippen LogP contribution in [0.1, 0.15) is 53.4 Å². The molecule has 1 fully saturated rings. The first-order valence-electron chi connectivity index (χ1n) is 8.90. The SMILES string of the molecule is CCNC(=NCC1CCCN(CC)C1)NCCCC(C)C.I. The lowest BCUT2D eigenvalue weighted by Gasteiger charge is -2.31. The highest BCUT2D eigenvalue weighted by Gasteiger charge is 2.18. The van der Waals surface area contributed by atoms with E-state index in [-0.39, 0.29) is 24.0 Å². The summed E-state index contributed by atoms with van der Waals surface area (Å²) in [6.07, 6.45) is 5.15. The Balaban J connectivity index is 0.00000441. The van der Waals surface area contributed by atoms with Gasteiger partial charge in [-0.2, -0.15) is 0 Å². The average Bonchev–Trinajstić information content (AvgIpc) is 2.49. The predicted molar refractivity (Wildman–Crippen MR) is 108 cm³/mol. The zero-order valence-corrected chi connectivity index (χ0v) is 17.4. The van der Waals surface area contributed by atoms with Gasteiger partial charge in [0, 0.05) is 26.2 Å². The molecular formula is C17H37IN4. The Bertz CT molecular complexity index is 294. The number of likely N-dealkylation sites (tertiary alicyclic amines) is 1. The van der Waals surface area contributed by atoms with E-state index in [9.17, 15) is 0 Å². The number of hydrogen-bond acceptors (Lipinski definition) is 2. The van der Waals surface area contributed by atoms with Crippen LogP contribution < -0.4 is 10.6 Å². The minimum absolute atomic E-state index is 0. The summed E-state index contributed by atoms with van der Waals surface area (Å²) in [5.41, 5.74) is 0. The van der Waals surface area contributed by atoms with Crippen LogP contribution in [0.4, 0.5) is 0 Å². The zero-order valence-electron chi connectivity index (χ0n) is 15.0. The molecule has 0 amide bonds. The van der Waals surface area contributed by atoms with Gasteiger partial charge in [-0.25, -0.2) is 0 Å². The van der Waals surface area contributed by atoms with Crippen molar-refractivity contribution >= 4 is 29.9 Å². The molecular weight excluding hydrogens is 387 g/mol. The van der Waals surface area contributed by atoms with Crippen LogP contribution >= 0.6 is 24.0 Å². The van der Waals surface area contributed by atoms with Gasteiger partial charge in [-0.1, -0.05) is 20.8 Å². The molecule has 0 bridgehead atoms. The van der Waals surface area contributed by atoms with E-state index in [1.807, 2.05) is 0 Å². The van der Waals surface area contributed by atoms with E-state index in [1.165, 1.54) is 45.3 Å². The molecule has 2 N–H and O–H groups in total. The van der Waals surface area contributed by atoms with Crippen LogP contribution in [0.25, 0.3) is 0 Å². The largest absolute Gasteiger partial charge is 0.357 e. The number of halogens is 1. The standard InChI is InChI=1S/C17H36N4.HI/c1-5-18-17(19-11-7-9-15(3)4)20-13-16-10-8-12-21(6-2)14-16;/h15-16H,5-14H2,1-4H3,(H2,18,19,20);1H. The monoisotopic (exact) mass is 424 g/mol. The summed E-state index contributed by atoms with van der Waals surface area (Å²) in [6, 6.07) is 0. The van der Waals surface area contributed by atoms with Crippen molar-refractivity contribution in [2.24, 2.45) is 16.8 Å². The molecule has 4 nitrogen and oxygen atoms in total. The van der Waals surface area contributed by atoms with Crippen LogP contribution in [0.3, 0.4) is 0 Å². The molecule has 1 saturated heterocycles. The molecule has 0 spiro atoms. The number of rotatable bonds is 8. The fraction of sp³-hybridized carbons (Fsp3) is 0.941. The second-order valence-electron chi connectivity index (χ2n) is 6.58. The number of aliphatic imine (C=N–C) groups is 1. The Morgan fingerprint density at radius 3 is 2.68 bits per heavy atom. The second kappa shape index (κ2) is 13.4. The average molecular weight is 424 g/mol. The van der Waals surface area contributed by atoms with Gasteiger partial charge in [0.25, 0.3) is 0 Å². The van der Waals surface area contributed by atoms with Crippen molar-refractivity contribution in [3.63, 3.8) is 0 Å². The molecule has 1 aliphatic heterocycles. The molecule has 0 aromatic carbocycles. The first-order valence-corrected chi connectivity index (χ1v) is 8.90. The van der Waals surface area contributed by atoms with Gasteiger partial charge in [-0.15, -0.1) is 24.0 Å². The lowest BCUT2D eigenvalue weighted by molar-refractivity contribution is 0.186. The fourth-order valence-electron chi connectivity index (χ4n) is 2.87. The van der Waals surface area contributed by atoms with E-state index < -0.39 is 0 Å². The third-order valence-electron chi connectivity index (χ3n) is 4.15. The second-order valence-corrected chi connectivity index (χ2v) is 6.58. The molecule has 0 saturated carbocycles. The van der Waals surface area contributed by atoms with Gasteiger partial charge in [0.1, 0.15) is 0 Å². The topological polar surface area (TPSA) is 39.7 Å². The minimum Gasteiger partial charge on any atom is -0.357 e. The summed E-state index contributed by atoms with van der Waals surface area (Å²) in [4.78, 5) is 7.34. The quantitative estimate of drug-likeness (QED) is 0.272. The molecule has 0 aliphatic carbocycles. The molecule has 1 rings (SSSR count). The zero-order chi connectivity index (χ0) is 15.5. The maximum Gasteiger partial charge on any atom is 0.191 e. The van der Waals surface area contributed by atoms with Crippen LogP contribution in [0.2, 0.25) is 0 Å². The summed E-state index contributed by atoms with van der Waals surface area (Å²) in [5.74, 6) is 2.51. The smallest absolute Gasteiger partial charge is 0.191 e. The van der Waals surface area contributed by atoms with Crippen LogP contribution in [-0.4, -0.2) is 50.1 Å². The molecule has 132 valence electrons. The first-order chi connectivity index (χ1) is 10.2. The maximum absolute atomic E-state index is 4.79. The Hall–Kier alpha value is -0.0400. The molecule has 1 heterocycles. The van der Waals surface area contributed by atoms with Crippen LogP contribution in [0.5, 0.6) is 0 Å². The van der Waals surface area contributed by atoms with Gasteiger partial charge in [-0.3, -0.25) is 4.99 Å². The van der Waals surface area contributed by atoms with E-state index >= 15 is 0 Å². The van der Waals surface area contributed by atoms with E-state index in [2.05, 4.69) is 43.2 Å². The Kier molecular flexibility index (Phi) is 13.4. The highest BCUT2D eigenvalue weighted by Crippen LogP contribution is 2.16. The molecule has 1 atom stereocenters. The number of piperidine rings is 1. The third-order valence-corrected chi connectivity index (χ3v) is 4.15. The van der Waals surface area contributed by atoms with Crippen molar-refractivity contribution in [1.29, 1.82) is 0 Å². The number of guanidine groups is 1. The molecule has 1 aliphatic rings. The molecule has 0 radical (unpaired) electrons. The molecule has 5 heteroatoms. The fourth-order valence-corrected chi connectivity index (χ4v) is 2.87. The summed E-state index contributed by atoms with van der Waals surface area (Å²) in [5, 5.41) is 6.83. The van der Waals surface area contributed by atoms with Gasteiger partial charge < -0.3 is 15.5 Å². The van der Waals surface area contributed by atoms with Crippen molar-refractivity contribution in [2.75, 3.05) is 39.3 Å². The van der Waals surface area contributed by atoms with Crippen LogP contribution in [0, 0.1) is 11.8 Å². The number of hydrogen-bond donors (Lipinski definition) is 2. The van der Waals surface area contributed by atoms with Crippen molar-refractivity contribution in [1.82, 2.24) is 15.5 Å². The van der Waals surface area contributed by atoms with Gasteiger partial charge >= 0.3 is 0 Å². The van der Waals surface area contributed by atoms with E-state index in [1.54, 1.807) is 0 Å². The van der Waals surface area contributed by atoms with Crippen molar-refractivity contribution in [3.8, 4) is 0 Å². The lowest BCUT2D eigenvalue weighted by atomic mass is 9.98. The number of nitrogens with one attached hydrogen (secondary N) is 2. The van der Waals surface area contributed by atoms with Gasteiger partial charge in [0.2, 0.25) is 0 Å².